The molecular formula is C23H23F2N3O3. The number of hydrogen-bond donors (Lipinski definition) is 1. The Bertz CT molecular complexity index is 998. The molecule has 1 unspecified atom stereocenters. The number of halogens is 2. The maximum atomic E-state index is 13.1. The fourth-order valence-corrected chi connectivity index (χ4v) is 2.69. The highest BCUT2D eigenvalue weighted by atomic mass is 19.1. The molecule has 1 aromatic heterocycles. The molecule has 0 radical (unpaired) electrons. The third-order valence-electron chi connectivity index (χ3n) is 4.65. The highest BCUT2D eigenvalue weighted by molar-refractivity contribution is 5.76. The molecule has 0 amide bonds. The second-order valence-electron chi connectivity index (χ2n) is 7.03. The van der Waals surface area contributed by atoms with Crippen molar-refractivity contribution in [2.75, 3.05) is 12.5 Å². The summed E-state index contributed by atoms with van der Waals surface area (Å²) in [6.45, 7) is 2.56. The van der Waals surface area contributed by atoms with Gasteiger partial charge in [0.25, 0.3) is 0 Å². The van der Waals surface area contributed by atoms with Gasteiger partial charge in [-0.2, -0.15) is 0 Å². The summed E-state index contributed by atoms with van der Waals surface area (Å²) in [4.78, 5) is 22.9. The Hall–Kier alpha value is -3.52. The number of pyridine rings is 1. The molecule has 0 spiro atoms. The van der Waals surface area contributed by atoms with Crippen LogP contribution in [0.2, 0.25) is 0 Å². The van der Waals surface area contributed by atoms with Gasteiger partial charge in [-0.25, -0.2) is 24.0 Å². The molecular weight excluding hydrogens is 404 g/mol. The van der Waals surface area contributed by atoms with Gasteiger partial charge in [-0.3, -0.25) is 4.90 Å². The maximum absolute atomic E-state index is 13.1. The normalized spacial score (nSPS) is 11.8. The van der Waals surface area contributed by atoms with E-state index in [2.05, 4.69) is 10.5 Å². The zero-order valence-electron chi connectivity index (χ0n) is 17.2. The van der Waals surface area contributed by atoms with Crippen LogP contribution in [0.25, 0.3) is 0 Å². The Labute approximate surface area is 179 Å². The van der Waals surface area contributed by atoms with Gasteiger partial charge in [0.15, 0.2) is 5.82 Å². The third-order valence-corrected chi connectivity index (χ3v) is 4.65. The first-order valence-corrected chi connectivity index (χ1v) is 9.65. The van der Waals surface area contributed by atoms with Gasteiger partial charge in [0.05, 0.1) is 0 Å². The van der Waals surface area contributed by atoms with Crippen molar-refractivity contribution in [2.45, 2.75) is 26.1 Å². The molecule has 0 aliphatic heterocycles. The quantitative estimate of drug-likeness (QED) is 0.513. The number of rotatable bonds is 9. The summed E-state index contributed by atoms with van der Waals surface area (Å²) in [5.74, 6) is -0.484. The number of aromatic nitrogens is 1. The Morgan fingerprint density at radius 2 is 1.71 bits per heavy atom. The highest BCUT2D eigenvalue weighted by Crippen LogP contribution is 2.16. The topological polar surface area (TPSA) is 63.7 Å². The maximum Gasteiger partial charge on any atom is 0.348 e. The first-order chi connectivity index (χ1) is 14.9. The summed E-state index contributed by atoms with van der Waals surface area (Å²) in [6.07, 6.45) is 1.27. The second kappa shape index (κ2) is 10.5. The number of ether oxygens (including phenoxy) is 1. The van der Waals surface area contributed by atoms with E-state index in [-0.39, 0.29) is 11.6 Å². The lowest BCUT2D eigenvalue weighted by molar-refractivity contribution is -0.146. The lowest BCUT2D eigenvalue weighted by Crippen LogP contribution is -2.37. The summed E-state index contributed by atoms with van der Waals surface area (Å²) in [6, 6.07) is 15.4. The third kappa shape index (κ3) is 6.75. The van der Waals surface area contributed by atoms with Crippen LogP contribution in [0.4, 0.5) is 14.6 Å². The van der Waals surface area contributed by atoms with Crippen LogP contribution < -0.4 is 10.2 Å². The van der Waals surface area contributed by atoms with Crippen LogP contribution in [-0.2, 0) is 22.8 Å². The zero-order valence-corrected chi connectivity index (χ0v) is 17.2. The van der Waals surface area contributed by atoms with Crippen molar-refractivity contribution in [3.8, 4) is 5.75 Å². The minimum atomic E-state index is -0.546. The van der Waals surface area contributed by atoms with Crippen molar-refractivity contribution < 1.29 is 23.1 Å². The Kier molecular flexibility index (Phi) is 7.50. The van der Waals surface area contributed by atoms with Crippen molar-refractivity contribution in [1.82, 2.24) is 9.88 Å². The van der Waals surface area contributed by atoms with E-state index in [1.807, 2.05) is 29.2 Å². The summed E-state index contributed by atoms with van der Waals surface area (Å²) in [7, 11) is 1.80. The summed E-state index contributed by atoms with van der Waals surface area (Å²) >= 11 is 0. The molecule has 0 fully saturated rings. The van der Waals surface area contributed by atoms with Gasteiger partial charge in [-0.1, -0.05) is 24.3 Å². The summed E-state index contributed by atoms with van der Waals surface area (Å²) in [5.41, 5.74) is 4.22. The van der Waals surface area contributed by atoms with Gasteiger partial charge < -0.3 is 9.57 Å². The molecule has 1 heterocycles. The van der Waals surface area contributed by atoms with Crippen molar-refractivity contribution in [1.29, 1.82) is 0 Å². The molecule has 2 aromatic carbocycles. The number of nitrogens with one attached hydrogen (secondary N) is 1. The highest BCUT2D eigenvalue weighted by Gasteiger charge is 2.20. The molecule has 0 saturated carbocycles. The molecule has 8 heteroatoms. The average Bonchev–Trinajstić information content (AvgIpc) is 2.77. The largest absolute Gasteiger partial charge is 0.489 e. The summed E-state index contributed by atoms with van der Waals surface area (Å²) in [5, 5.41) is 0. The van der Waals surface area contributed by atoms with Crippen LogP contribution in [-0.4, -0.2) is 28.9 Å². The van der Waals surface area contributed by atoms with Gasteiger partial charge in [0, 0.05) is 18.8 Å². The van der Waals surface area contributed by atoms with Crippen molar-refractivity contribution in [2.24, 2.45) is 0 Å². The molecule has 0 bridgehead atoms. The van der Waals surface area contributed by atoms with E-state index in [0.29, 0.717) is 18.9 Å². The molecule has 6 nitrogen and oxygen atoms in total. The van der Waals surface area contributed by atoms with E-state index in [9.17, 15) is 13.6 Å². The minimum Gasteiger partial charge on any atom is -0.489 e. The molecule has 3 rings (SSSR count). The Morgan fingerprint density at radius 1 is 1.03 bits per heavy atom. The van der Waals surface area contributed by atoms with Crippen LogP contribution >= 0.6 is 0 Å². The van der Waals surface area contributed by atoms with Gasteiger partial charge in [0.1, 0.15) is 30.0 Å². The predicted octanol–water partition coefficient (Wildman–Crippen LogP) is 4.33. The SMILES string of the molecule is CC(C(=O)ONc1cc(F)ccn1)N(C)Cc1ccc(OCc2ccc(F)cc2)cc1. The van der Waals surface area contributed by atoms with E-state index in [1.54, 1.807) is 26.1 Å². The first-order valence-electron chi connectivity index (χ1n) is 9.65. The van der Waals surface area contributed by atoms with Crippen LogP contribution in [0.5, 0.6) is 5.75 Å². The Balaban J connectivity index is 1.46. The summed E-state index contributed by atoms with van der Waals surface area (Å²) < 4.78 is 31.8. The number of likely N-dealkylation sites (N-methyl/N-ethyl adjacent to an activating group) is 1. The van der Waals surface area contributed by atoms with Crippen molar-refractivity contribution >= 4 is 11.8 Å². The first kappa shape index (κ1) is 22.2. The molecule has 1 atom stereocenters. The van der Waals surface area contributed by atoms with E-state index in [1.165, 1.54) is 24.4 Å². The van der Waals surface area contributed by atoms with E-state index in [4.69, 9.17) is 9.57 Å². The lowest BCUT2D eigenvalue weighted by atomic mass is 10.2. The smallest absolute Gasteiger partial charge is 0.348 e. The van der Waals surface area contributed by atoms with E-state index >= 15 is 0 Å². The fraction of sp³-hybridized carbons (Fsp3) is 0.217. The van der Waals surface area contributed by atoms with E-state index < -0.39 is 17.8 Å². The number of hydrogen-bond acceptors (Lipinski definition) is 6. The number of nitrogens with zero attached hydrogens (tertiary/aromatic N) is 2. The Morgan fingerprint density at radius 3 is 2.39 bits per heavy atom. The standard InChI is InChI=1S/C23H23F2N3O3/c1-16(23(29)31-27-22-13-20(25)11-12-26-22)28(2)14-17-5-9-21(10-6-17)30-15-18-3-7-19(24)8-4-18/h3-13,16H,14-15H2,1-2H3,(H,26,27). The van der Waals surface area contributed by atoms with Crippen LogP contribution in [0, 0.1) is 11.6 Å². The molecule has 0 saturated heterocycles. The molecule has 3 aromatic rings. The van der Waals surface area contributed by atoms with Gasteiger partial charge >= 0.3 is 5.97 Å². The second-order valence-corrected chi connectivity index (χ2v) is 7.03. The predicted molar refractivity (Wildman–Crippen MR) is 112 cm³/mol. The van der Waals surface area contributed by atoms with Crippen molar-refractivity contribution in [3.63, 3.8) is 0 Å². The number of anilines is 1. The number of carbonyl (C=O) groups excluding carboxylic acids is 1. The van der Waals surface area contributed by atoms with Gasteiger partial charge in [0.2, 0.25) is 0 Å². The number of carbonyl (C=O) groups is 1. The lowest BCUT2D eigenvalue weighted by Gasteiger charge is -2.23. The number of benzene rings is 2. The van der Waals surface area contributed by atoms with Gasteiger partial charge in [-0.15, -0.1) is 0 Å². The molecule has 0 aliphatic carbocycles. The average molecular weight is 427 g/mol. The van der Waals surface area contributed by atoms with Crippen LogP contribution in [0.15, 0.2) is 66.9 Å². The monoisotopic (exact) mass is 427 g/mol. The molecule has 0 aliphatic rings. The van der Waals surface area contributed by atoms with Crippen molar-refractivity contribution in [3.05, 3.63) is 89.6 Å². The molecule has 162 valence electrons. The van der Waals surface area contributed by atoms with Gasteiger partial charge in [-0.05, 0) is 55.4 Å². The minimum absolute atomic E-state index is 0.111. The van der Waals surface area contributed by atoms with E-state index in [0.717, 1.165) is 17.2 Å². The van der Waals surface area contributed by atoms with Crippen LogP contribution in [0.3, 0.4) is 0 Å². The zero-order chi connectivity index (χ0) is 22.2. The molecule has 31 heavy (non-hydrogen) atoms. The fourth-order valence-electron chi connectivity index (χ4n) is 2.69. The molecule has 1 N–H and O–H groups in total. The van der Waals surface area contributed by atoms with Crippen LogP contribution in [0.1, 0.15) is 18.1 Å².